The maximum atomic E-state index is 12.3. The summed E-state index contributed by atoms with van der Waals surface area (Å²) >= 11 is 0. The van der Waals surface area contributed by atoms with E-state index in [-0.39, 0.29) is 22.2 Å². The molecule has 0 radical (unpaired) electrons. The zero-order valence-corrected chi connectivity index (χ0v) is 17.9. The van der Waals surface area contributed by atoms with Crippen LogP contribution in [0.25, 0.3) is 0 Å². The molecule has 0 unspecified atom stereocenters. The first-order valence-electron chi connectivity index (χ1n) is 9.17. The van der Waals surface area contributed by atoms with Crippen LogP contribution in [0, 0.1) is 0 Å². The Bertz CT molecular complexity index is 1240. The molecular weight excluding hydrogens is 442 g/mol. The van der Waals surface area contributed by atoms with Crippen LogP contribution in [0.15, 0.2) is 81.1 Å². The Morgan fingerprint density at radius 1 is 0.903 bits per heavy atom. The van der Waals surface area contributed by atoms with Crippen LogP contribution in [0.4, 0.5) is 0 Å². The smallest absolute Gasteiger partial charge is 0.251 e. The minimum Gasteiger partial charge on any atom is -0.468 e. The SMILES string of the molecule is NS(=O)(=O)c1ccc(CCNC(=O)c2ccc(S(=O)(=O)NCc3ccco3)cc2)cc1. The average Bonchev–Trinajstić information content (AvgIpc) is 3.26. The van der Waals surface area contributed by atoms with Crippen LogP contribution in [-0.2, 0) is 33.0 Å². The summed E-state index contributed by atoms with van der Waals surface area (Å²) in [5.41, 5.74) is 1.14. The van der Waals surface area contributed by atoms with E-state index in [1.54, 1.807) is 24.3 Å². The first kappa shape index (κ1) is 22.7. The summed E-state index contributed by atoms with van der Waals surface area (Å²) in [5.74, 6) is 0.132. The zero-order chi connectivity index (χ0) is 22.5. The normalized spacial score (nSPS) is 11.9. The molecule has 4 N–H and O–H groups in total. The highest BCUT2D eigenvalue weighted by Gasteiger charge is 2.15. The molecule has 31 heavy (non-hydrogen) atoms. The molecule has 0 aliphatic rings. The molecule has 0 fully saturated rings. The molecule has 0 atom stereocenters. The van der Waals surface area contributed by atoms with Crippen molar-refractivity contribution >= 4 is 26.0 Å². The number of sulfonamides is 2. The first-order chi connectivity index (χ1) is 14.6. The monoisotopic (exact) mass is 463 g/mol. The van der Waals surface area contributed by atoms with Gasteiger partial charge in [-0.1, -0.05) is 12.1 Å². The molecule has 1 heterocycles. The van der Waals surface area contributed by atoms with E-state index in [1.807, 2.05) is 0 Å². The largest absolute Gasteiger partial charge is 0.468 e. The maximum Gasteiger partial charge on any atom is 0.251 e. The van der Waals surface area contributed by atoms with Gasteiger partial charge in [-0.3, -0.25) is 4.79 Å². The fraction of sp³-hybridized carbons (Fsp3) is 0.150. The van der Waals surface area contributed by atoms with E-state index in [0.29, 0.717) is 24.3 Å². The summed E-state index contributed by atoms with van der Waals surface area (Å²) in [6, 6.07) is 15.0. The molecular formula is C20H21N3O6S2. The Labute approximate surface area is 180 Å². The molecule has 0 aliphatic heterocycles. The summed E-state index contributed by atoms with van der Waals surface area (Å²) in [7, 11) is -7.48. The topological polar surface area (TPSA) is 149 Å². The number of benzene rings is 2. The van der Waals surface area contributed by atoms with E-state index < -0.39 is 20.0 Å². The van der Waals surface area contributed by atoms with Crippen LogP contribution in [0.2, 0.25) is 0 Å². The molecule has 1 aromatic heterocycles. The second-order valence-electron chi connectivity index (χ2n) is 6.62. The molecule has 0 aliphatic carbocycles. The van der Waals surface area contributed by atoms with Gasteiger partial charge in [-0.25, -0.2) is 26.7 Å². The van der Waals surface area contributed by atoms with Crippen LogP contribution >= 0.6 is 0 Å². The van der Waals surface area contributed by atoms with Crippen molar-refractivity contribution in [3.8, 4) is 0 Å². The van der Waals surface area contributed by atoms with Crippen LogP contribution in [-0.4, -0.2) is 29.3 Å². The molecule has 11 heteroatoms. The van der Waals surface area contributed by atoms with Crippen molar-refractivity contribution in [1.82, 2.24) is 10.0 Å². The minimum absolute atomic E-state index is 0.0222. The van der Waals surface area contributed by atoms with Crippen molar-refractivity contribution in [1.29, 1.82) is 0 Å². The van der Waals surface area contributed by atoms with Crippen LogP contribution in [0.5, 0.6) is 0 Å². The Balaban J connectivity index is 1.53. The van der Waals surface area contributed by atoms with Gasteiger partial charge in [0.15, 0.2) is 0 Å². The van der Waals surface area contributed by atoms with Crippen molar-refractivity contribution < 1.29 is 26.0 Å². The molecule has 164 valence electrons. The van der Waals surface area contributed by atoms with Gasteiger partial charge in [0.25, 0.3) is 5.91 Å². The molecule has 0 spiro atoms. The van der Waals surface area contributed by atoms with E-state index >= 15 is 0 Å². The number of primary sulfonamides is 1. The number of rotatable bonds is 9. The summed E-state index contributed by atoms with van der Waals surface area (Å²) < 4.78 is 54.7. The number of carbonyl (C=O) groups excluding carboxylic acids is 1. The molecule has 9 nitrogen and oxygen atoms in total. The average molecular weight is 464 g/mol. The summed E-state index contributed by atoms with van der Waals surface area (Å²) in [5, 5.41) is 7.79. The van der Waals surface area contributed by atoms with E-state index in [9.17, 15) is 21.6 Å². The molecule has 0 bridgehead atoms. The molecule has 1 amide bonds. The molecule has 3 rings (SSSR count). The second kappa shape index (κ2) is 9.43. The fourth-order valence-electron chi connectivity index (χ4n) is 2.72. The Morgan fingerprint density at radius 2 is 1.55 bits per heavy atom. The molecule has 3 aromatic rings. The molecule has 0 saturated heterocycles. The standard InChI is InChI=1S/C20H21N3O6S2/c21-30(25,26)18-7-3-15(4-8-18)11-12-22-20(24)16-5-9-19(10-6-16)31(27,28)23-14-17-2-1-13-29-17/h1-10,13,23H,11-12,14H2,(H,22,24)(H2,21,25,26). The quantitative estimate of drug-likeness (QED) is 0.436. The van der Waals surface area contributed by atoms with E-state index in [0.717, 1.165) is 5.56 Å². The maximum absolute atomic E-state index is 12.3. The van der Waals surface area contributed by atoms with Crippen molar-refractivity contribution in [2.45, 2.75) is 22.8 Å². The number of carbonyl (C=O) groups is 1. The zero-order valence-electron chi connectivity index (χ0n) is 16.3. The van der Waals surface area contributed by atoms with Gasteiger partial charge in [0.2, 0.25) is 20.0 Å². The predicted molar refractivity (Wildman–Crippen MR) is 113 cm³/mol. The highest BCUT2D eigenvalue weighted by Crippen LogP contribution is 2.12. The number of hydrogen-bond donors (Lipinski definition) is 3. The summed E-state index contributed by atoms with van der Waals surface area (Å²) in [6.45, 7) is 0.341. The van der Waals surface area contributed by atoms with Crippen molar-refractivity contribution in [2.24, 2.45) is 5.14 Å². The highest BCUT2D eigenvalue weighted by molar-refractivity contribution is 7.89. The van der Waals surface area contributed by atoms with Crippen LogP contribution in [0.1, 0.15) is 21.7 Å². The summed E-state index contributed by atoms with van der Waals surface area (Å²) in [4.78, 5) is 12.3. The Kier molecular flexibility index (Phi) is 6.91. The van der Waals surface area contributed by atoms with E-state index in [4.69, 9.17) is 9.56 Å². The van der Waals surface area contributed by atoms with Crippen molar-refractivity contribution in [3.63, 3.8) is 0 Å². The van der Waals surface area contributed by atoms with Gasteiger partial charge in [0.05, 0.1) is 22.6 Å². The third-order valence-electron chi connectivity index (χ3n) is 4.39. The third-order valence-corrected chi connectivity index (χ3v) is 6.74. The molecule has 0 saturated carbocycles. The lowest BCUT2D eigenvalue weighted by molar-refractivity contribution is 0.0954. The number of hydrogen-bond acceptors (Lipinski definition) is 6. The van der Waals surface area contributed by atoms with Gasteiger partial charge in [-0.05, 0) is 60.5 Å². The van der Waals surface area contributed by atoms with Crippen LogP contribution in [0.3, 0.4) is 0 Å². The number of nitrogens with one attached hydrogen (secondary N) is 2. The van der Waals surface area contributed by atoms with Crippen molar-refractivity contribution in [2.75, 3.05) is 6.54 Å². The van der Waals surface area contributed by atoms with Gasteiger partial charge in [-0.2, -0.15) is 0 Å². The molecule has 2 aromatic carbocycles. The highest BCUT2D eigenvalue weighted by atomic mass is 32.2. The Hall–Kier alpha value is -2.99. The fourth-order valence-corrected chi connectivity index (χ4v) is 4.23. The van der Waals surface area contributed by atoms with Gasteiger partial charge in [-0.15, -0.1) is 0 Å². The van der Waals surface area contributed by atoms with Gasteiger partial charge in [0.1, 0.15) is 5.76 Å². The van der Waals surface area contributed by atoms with E-state index in [2.05, 4.69) is 10.0 Å². The second-order valence-corrected chi connectivity index (χ2v) is 9.95. The van der Waals surface area contributed by atoms with E-state index in [1.165, 1.54) is 42.7 Å². The van der Waals surface area contributed by atoms with Crippen molar-refractivity contribution in [3.05, 3.63) is 83.8 Å². The van der Waals surface area contributed by atoms with Gasteiger partial charge >= 0.3 is 0 Å². The minimum atomic E-state index is -3.74. The lowest BCUT2D eigenvalue weighted by Gasteiger charge is -2.08. The van der Waals surface area contributed by atoms with Crippen LogP contribution < -0.4 is 15.2 Å². The third kappa shape index (κ3) is 6.25. The lowest BCUT2D eigenvalue weighted by Crippen LogP contribution is -2.26. The lowest BCUT2D eigenvalue weighted by atomic mass is 10.1. The predicted octanol–water partition coefficient (Wildman–Crippen LogP) is 1.38. The first-order valence-corrected chi connectivity index (χ1v) is 12.2. The Morgan fingerprint density at radius 3 is 2.13 bits per heavy atom. The van der Waals surface area contributed by atoms with Gasteiger partial charge < -0.3 is 9.73 Å². The number of nitrogens with two attached hydrogens (primary N) is 1. The number of furan rings is 1. The van der Waals surface area contributed by atoms with Gasteiger partial charge in [0, 0.05) is 12.1 Å². The summed E-state index contributed by atoms with van der Waals surface area (Å²) in [6.07, 6.45) is 1.94. The number of amides is 1.